The van der Waals surface area contributed by atoms with Gasteiger partial charge in [0.05, 0.1) is 0 Å². The minimum Gasteiger partial charge on any atom is -0.345 e. The number of aromatic nitrogens is 1. The smallest absolute Gasteiger partial charge is 0.194 e. The highest BCUT2D eigenvalue weighted by atomic mass is 19.2. The molecule has 140 valence electrons. The number of nitrogens with zero attached hydrogens (tertiary/aromatic N) is 1. The van der Waals surface area contributed by atoms with E-state index in [9.17, 15) is 22.4 Å². The number of halogens is 4. The van der Waals surface area contributed by atoms with E-state index < -0.39 is 17.5 Å². The minimum absolute atomic E-state index is 0.0778. The van der Waals surface area contributed by atoms with Crippen molar-refractivity contribution in [2.75, 3.05) is 0 Å². The Balaban J connectivity index is 1.61. The molecule has 0 radical (unpaired) electrons. The highest BCUT2D eigenvalue weighted by Crippen LogP contribution is 2.21. The Hall–Kier alpha value is -2.89. The largest absolute Gasteiger partial charge is 0.345 e. The van der Waals surface area contributed by atoms with Crippen molar-refractivity contribution in [1.82, 2.24) is 4.57 Å². The van der Waals surface area contributed by atoms with Gasteiger partial charge in [-0.2, -0.15) is 0 Å². The van der Waals surface area contributed by atoms with Crippen molar-refractivity contribution < 1.29 is 22.4 Å². The lowest BCUT2D eigenvalue weighted by Crippen LogP contribution is -2.02. The molecular formula is C21H17F4NO. The van der Waals surface area contributed by atoms with Crippen LogP contribution in [0.15, 0.2) is 42.5 Å². The van der Waals surface area contributed by atoms with E-state index in [1.165, 1.54) is 24.3 Å². The van der Waals surface area contributed by atoms with Crippen LogP contribution in [0.3, 0.4) is 0 Å². The van der Waals surface area contributed by atoms with Crippen LogP contribution in [0.2, 0.25) is 0 Å². The van der Waals surface area contributed by atoms with Crippen molar-refractivity contribution in [1.29, 1.82) is 0 Å². The lowest BCUT2D eigenvalue weighted by molar-refractivity contribution is -0.114. The van der Waals surface area contributed by atoms with E-state index in [1.807, 2.05) is 17.6 Å². The summed E-state index contributed by atoms with van der Waals surface area (Å²) in [6.45, 7) is 2.50. The molecule has 0 aliphatic carbocycles. The SMILES string of the molecule is Cc1cc2cc(F)ccc2n1CCCC(=O)/C=C/c1cc(F)c(F)c(F)c1. The number of carbonyl (C=O) groups excluding carboxylic acids is 1. The number of rotatable bonds is 6. The third-order valence-electron chi connectivity index (χ3n) is 4.34. The molecule has 0 amide bonds. The molecule has 0 unspecified atom stereocenters. The maximum atomic E-state index is 13.3. The minimum atomic E-state index is -1.53. The first-order valence-electron chi connectivity index (χ1n) is 8.46. The maximum absolute atomic E-state index is 13.3. The Morgan fingerprint density at radius 1 is 1.04 bits per heavy atom. The van der Waals surface area contributed by atoms with Gasteiger partial charge in [0, 0.05) is 29.6 Å². The molecule has 0 bridgehead atoms. The molecule has 0 spiro atoms. The molecule has 1 heterocycles. The predicted molar refractivity (Wildman–Crippen MR) is 96.2 cm³/mol. The van der Waals surface area contributed by atoms with Crippen molar-refractivity contribution in [2.24, 2.45) is 0 Å². The van der Waals surface area contributed by atoms with Crippen molar-refractivity contribution >= 4 is 22.8 Å². The van der Waals surface area contributed by atoms with Gasteiger partial charge in [0.15, 0.2) is 23.2 Å². The van der Waals surface area contributed by atoms with Gasteiger partial charge in [-0.25, -0.2) is 17.6 Å². The summed E-state index contributed by atoms with van der Waals surface area (Å²) in [5.74, 6) is -4.64. The second kappa shape index (κ2) is 7.78. The first-order valence-corrected chi connectivity index (χ1v) is 8.46. The van der Waals surface area contributed by atoms with Gasteiger partial charge >= 0.3 is 0 Å². The normalized spacial score (nSPS) is 11.6. The van der Waals surface area contributed by atoms with E-state index >= 15 is 0 Å². The van der Waals surface area contributed by atoms with Gasteiger partial charge in [-0.05, 0) is 61.4 Å². The number of benzene rings is 2. The van der Waals surface area contributed by atoms with Crippen molar-refractivity contribution in [3.63, 3.8) is 0 Å². The number of fused-ring (bicyclic) bond motifs is 1. The van der Waals surface area contributed by atoms with Crippen LogP contribution >= 0.6 is 0 Å². The zero-order valence-electron chi connectivity index (χ0n) is 14.6. The summed E-state index contributed by atoms with van der Waals surface area (Å²) in [7, 11) is 0. The number of allylic oxidation sites excluding steroid dienone is 1. The summed E-state index contributed by atoms with van der Waals surface area (Å²) in [6, 6.07) is 8.11. The van der Waals surface area contributed by atoms with Crippen LogP contribution in [-0.4, -0.2) is 10.4 Å². The molecule has 0 aliphatic heterocycles. The second-order valence-electron chi connectivity index (χ2n) is 6.34. The average molecular weight is 375 g/mol. The second-order valence-corrected chi connectivity index (χ2v) is 6.34. The number of aryl methyl sites for hydroxylation is 2. The van der Waals surface area contributed by atoms with Gasteiger partial charge in [0.25, 0.3) is 0 Å². The molecule has 3 aromatic rings. The van der Waals surface area contributed by atoms with Crippen LogP contribution in [0.1, 0.15) is 24.1 Å². The van der Waals surface area contributed by atoms with Crippen molar-refractivity contribution in [2.45, 2.75) is 26.3 Å². The molecular weight excluding hydrogens is 358 g/mol. The molecule has 6 heteroatoms. The molecule has 0 N–H and O–H groups in total. The van der Waals surface area contributed by atoms with Crippen molar-refractivity contribution in [3.8, 4) is 0 Å². The highest BCUT2D eigenvalue weighted by Gasteiger charge is 2.10. The summed E-state index contributed by atoms with van der Waals surface area (Å²) in [6.07, 6.45) is 3.27. The first-order chi connectivity index (χ1) is 12.8. The van der Waals surface area contributed by atoms with Crippen LogP contribution in [0, 0.1) is 30.2 Å². The van der Waals surface area contributed by atoms with Crippen LogP contribution in [0.5, 0.6) is 0 Å². The monoisotopic (exact) mass is 375 g/mol. The number of carbonyl (C=O) groups is 1. The molecule has 27 heavy (non-hydrogen) atoms. The molecule has 1 aromatic heterocycles. The van der Waals surface area contributed by atoms with E-state index in [-0.39, 0.29) is 23.6 Å². The lowest BCUT2D eigenvalue weighted by Gasteiger charge is -2.07. The third kappa shape index (κ3) is 4.27. The number of hydrogen-bond acceptors (Lipinski definition) is 1. The van der Waals surface area contributed by atoms with E-state index in [2.05, 4.69) is 0 Å². The summed E-state index contributed by atoms with van der Waals surface area (Å²) in [5, 5.41) is 0.805. The van der Waals surface area contributed by atoms with E-state index in [4.69, 9.17) is 0 Å². The Kier molecular flexibility index (Phi) is 5.44. The molecule has 0 fully saturated rings. The summed E-state index contributed by atoms with van der Waals surface area (Å²) in [4.78, 5) is 12.0. The molecule has 0 saturated heterocycles. The van der Waals surface area contributed by atoms with Crippen LogP contribution in [-0.2, 0) is 11.3 Å². The molecule has 2 nitrogen and oxygen atoms in total. The average Bonchev–Trinajstić information content (AvgIpc) is 2.92. The molecule has 2 aromatic carbocycles. The fraction of sp³-hybridized carbons (Fsp3) is 0.190. The van der Waals surface area contributed by atoms with Gasteiger partial charge < -0.3 is 4.57 Å². The van der Waals surface area contributed by atoms with Crippen LogP contribution in [0.25, 0.3) is 17.0 Å². The summed E-state index contributed by atoms with van der Waals surface area (Å²) in [5.41, 5.74) is 1.94. The van der Waals surface area contributed by atoms with Gasteiger partial charge in [0.2, 0.25) is 0 Å². The number of ketones is 1. The molecule has 3 rings (SSSR count). The highest BCUT2D eigenvalue weighted by molar-refractivity contribution is 5.93. The van der Waals surface area contributed by atoms with Gasteiger partial charge in [-0.15, -0.1) is 0 Å². The fourth-order valence-corrected chi connectivity index (χ4v) is 3.03. The third-order valence-corrected chi connectivity index (χ3v) is 4.34. The zero-order valence-corrected chi connectivity index (χ0v) is 14.6. The summed E-state index contributed by atoms with van der Waals surface area (Å²) >= 11 is 0. The van der Waals surface area contributed by atoms with Crippen LogP contribution in [0.4, 0.5) is 17.6 Å². The molecule has 0 atom stereocenters. The van der Waals surface area contributed by atoms with Crippen LogP contribution < -0.4 is 0 Å². The first kappa shape index (κ1) is 18.9. The van der Waals surface area contributed by atoms with Gasteiger partial charge in [-0.3, -0.25) is 4.79 Å². The fourth-order valence-electron chi connectivity index (χ4n) is 3.03. The maximum Gasteiger partial charge on any atom is 0.194 e. The summed E-state index contributed by atoms with van der Waals surface area (Å²) < 4.78 is 54.5. The van der Waals surface area contributed by atoms with E-state index in [0.717, 1.165) is 28.7 Å². The van der Waals surface area contributed by atoms with E-state index in [1.54, 1.807) is 6.07 Å². The van der Waals surface area contributed by atoms with E-state index in [0.29, 0.717) is 13.0 Å². The Bertz CT molecular complexity index is 1010. The lowest BCUT2D eigenvalue weighted by atomic mass is 10.1. The van der Waals surface area contributed by atoms with Gasteiger partial charge in [0.1, 0.15) is 5.82 Å². The number of hydrogen-bond donors (Lipinski definition) is 0. The topological polar surface area (TPSA) is 22.0 Å². The standard InChI is InChI=1S/C21H17F4NO/c1-13-9-15-12-16(22)5-7-20(15)26(13)8-2-3-17(27)6-4-14-10-18(23)21(25)19(24)11-14/h4-7,9-12H,2-3,8H2,1H3/b6-4+. The van der Waals surface area contributed by atoms with Crippen molar-refractivity contribution in [3.05, 3.63) is 77.0 Å². The van der Waals surface area contributed by atoms with Gasteiger partial charge in [-0.1, -0.05) is 6.08 Å². The Morgan fingerprint density at radius 3 is 2.44 bits per heavy atom. The predicted octanol–water partition coefficient (Wildman–Crippen LogP) is 5.57. The quantitative estimate of drug-likeness (QED) is 0.314. The molecule has 0 saturated carbocycles. The molecule has 0 aliphatic rings. The Morgan fingerprint density at radius 2 is 1.74 bits per heavy atom. The zero-order chi connectivity index (χ0) is 19.6. The Labute approximate surface area is 153 Å².